The second-order valence-electron chi connectivity index (χ2n) is 7.28. The van der Waals surface area contributed by atoms with Gasteiger partial charge in [-0.25, -0.2) is 8.78 Å². The third-order valence-electron chi connectivity index (χ3n) is 5.26. The molecule has 152 valence electrons. The molecule has 0 fully saturated rings. The van der Waals surface area contributed by atoms with Gasteiger partial charge in [0.1, 0.15) is 17.3 Å². The Bertz CT molecular complexity index is 1280. The lowest BCUT2D eigenvalue weighted by molar-refractivity contribution is 0.0955. The maximum absolute atomic E-state index is 14.5. The van der Waals surface area contributed by atoms with Crippen molar-refractivity contribution in [1.82, 2.24) is 15.5 Å². The average Bonchev–Trinajstić information content (AvgIpc) is 3.13. The molecule has 2 N–H and O–H groups in total. The topological polar surface area (TPSA) is 57.8 Å². The highest BCUT2D eigenvalue weighted by atomic mass is 19.1. The van der Waals surface area contributed by atoms with E-state index >= 15 is 0 Å². The Kier molecular flexibility index (Phi) is 5.08. The van der Waals surface area contributed by atoms with E-state index in [0.29, 0.717) is 17.7 Å². The first kappa shape index (κ1) is 19.8. The first-order valence-electron chi connectivity index (χ1n) is 9.72. The van der Waals surface area contributed by atoms with Gasteiger partial charge >= 0.3 is 0 Å². The average molecular weight is 405 g/mol. The number of hydrogen-bond acceptors (Lipinski definition) is 2. The van der Waals surface area contributed by atoms with Gasteiger partial charge in [0.15, 0.2) is 0 Å². The first-order chi connectivity index (χ1) is 14.4. The van der Waals surface area contributed by atoms with E-state index < -0.39 is 5.82 Å². The van der Waals surface area contributed by atoms with Crippen LogP contribution >= 0.6 is 0 Å². The zero-order chi connectivity index (χ0) is 21.4. The number of rotatable bonds is 4. The standard InChI is InChI=1S/C24H21F2N3O/c1-4-27-24(30)16-10-20(14(3)21(26)11-16)15-5-7-19-22(12-15)28-29-23(19)18-8-6-17(25)9-13(18)2/h5-12H,4H2,1-3H3,(H,27,30)(H,28,29). The summed E-state index contributed by atoms with van der Waals surface area (Å²) in [6, 6.07) is 13.2. The number of nitrogens with zero attached hydrogens (tertiary/aromatic N) is 1. The van der Waals surface area contributed by atoms with Crippen LogP contribution in [0.3, 0.4) is 0 Å². The molecule has 0 bridgehead atoms. The number of aryl methyl sites for hydroxylation is 1. The van der Waals surface area contributed by atoms with Crippen LogP contribution in [0.15, 0.2) is 48.5 Å². The fourth-order valence-corrected chi connectivity index (χ4v) is 3.66. The highest BCUT2D eigenvalue weighted by molar-refractivity contribution is 5.98. The second-order valence-corrected chi connectivity index (χ2v) is 7.28. The van der Waals surface area contributed by atoms with Gasteiger partial charge in [-0.2, -0.15) is 5.10 Å². The zero-order valence-electron chi connectivity index (χ0n) is 16.9. The first-order valence-corrected chi connectivity index (χ1v) is 9.72. The zero-order valence-corrected chi connectivity index (χ0v) is 16.9. The van der Waals surface area contributed by atoms with E-state index in [9.17, 15) is 13.6 Å². The van der Waals surface area contributed by atoms with Crippen LogP contribution in [-0.4, -0.2) is 22.6 Å². The number of fused-ring (bicyclic) bond motifs is 1. The molecule has 0 spiro atoms. The molecule has 1 aromatic heterocycles. The number of benzene rings is 3. The molecule has 0 radical (unpaired) electrons. The van der Waals surface area contributed by atoms with E-state index in [0.717, 1.165) is 33.3 Å². The number of amides is 1. The maximum Gasteiger partial charge on any atom is 0.251 e. The summed E-state index contributed by atoms with van der Waals surface area (Å²) in [5.74, 6) is -1.03. The normalized spacial score (nSPS) is 11.1. The smallest absolute Gasteiger partial charge is 0.251 e. The number of carbonyl (C=O) groups excluding carboxylic acids is 1. The van der Waals surface area contributed by atoms with Gasteiger partial charge in [-0.15, -0.1) is 0 Å². The highest BCUT2D eigenvalue weighted by Gasteiger charge is 2.16. The summed E-state index contributed by atoms with van der Waals surface area (Å²) in [5.41, 5.74) is 5.31. The van der Waals surface area contributed by atoms with Crippen molar-refractivity contribution >= 4 is 16.8 Å². The summed E-state index contributed by atoms with van der Waals surface area (Å²) in [4.78, 5) is 12.2. The number of aromatic amines is 1. The molecule has 0 atom stereocenters. The minimum Gasteiger partial charge on any atom is -0.352 e. The van der Waals surface area contributed by atoms with Crippen molar-refractivity contribution in [3.8, 4) is 22.4 Å². The van der Waals surface area contributed by atoms with Gasteiger partial charge in [-0.05, 0) is 85.5 Å². The molecule has 0 aliphatic heterocycles. The van der Waals surface area contributed by atoms with Crippen molar-refractivity contribution in [3.63, 3.8) is 0 Å². The number of nitrogens with one attached hydrogen (secondary N) is 2. The van der Waals surface area contributed by atoms with Crippen LogP contribution in [0.25, 0.3) is 33.3 Å². The number of carbonyl (C=O) groups is 1. The van der Waals surface area contributed by atoms with Crippen molar-refractivity contribution in [3.05, 3.63) is 76.9 Å². The summed E-state index contributed by atoms with van der Waals surface area (Å²) in [6.07, 6.45) is 0. The third kappa shape index (κ3) is 3.45. The molecular formula is C24H21F2N3O. The molecule has 0 aliphatic rings. The van der Waals surface area contributed by atoms with Crippen molar-refractivity contribution < 1.29 is 13.6 Å². The molecule has 0 unspecified atom stereocenters. The Morgan fingerprint density at radius 1 is 1.03 bits per heavy atom. The van der Waals surface area contributed by atoms with Gasteiger partial charge in [-0.1, -0.05) is 6.07 Å². The van der Waals surface area contributed by atoms with Gasteiger partial charge in [0.25, 0.3) is 5.91 Å². The molecule has 4 rings (SSSR count). The molecule has 0 aliphatic carbocycles. The van der Waals surface area contributed by atoms with Crippen molar-refractivity contribution in [2.75, 3.05) is 6.54 Å². The number of halogens is 2. The molecule has 1 amide bonds. The Balaban J connectivity index is 1.81. The van der Waals surface area contributed by atoms with Crippen LogP contribution in [0.2, 0.25) is 0 Å². The van der Waals surface area contributed by atoms with Crippen LogP contribution in [0, 0.1) is 25.5 Å². The van der Waals surface area contributed by atoms with E-state index in [1.54, 1.807) is 19.1 Å². The van der Waals surface area contributed by atoms with Crippen molar-refractivity contribution in [1.29, 1.82) is 0 Å². The number of aromatic nitrogens is 2. The van der Waals surface area contributed by atoms with E-state index in [1.807, 2.05) is 32.0 Å². The van der Waals surface area contributed by atoms with Gasteiger partial charge in [-0.3, -0.25) is 9.89 Å². The Labute approximate surface area is 172 Å². The molecule has 4 aromatic rings. The Morgan fingerprint density at radius 2 is 1.83 bits per heavy atom. The summed E-state index contributed by atoms with van der Waals surface area (Å²) in [5, 5.41) is 11.0. The van der Waals surface area contributed by atoms with E-state index in [-0.39, 0.29) is 17.3 Å². The van der Waals surface area contributed by atoms with E-state index in [2.05, 4.69) is 15.5 Å². The Morgan fingerprint density at radius 3 is 2.57 bits per heavy atom. The summed E-state index contributed by atoms with van der Waals surface area (Å²) in [6.45, 7) is 5.81. The minimum absolute atomic E-state index is 0.280. The van der Waals surface area contributed by atoms with Crippen molar-refractivity contribution in [2.24, 2.45) is 0 Å². The van der Waals surface area contributed by atoms with Gasteiger partial charge in [0.05, 0.1) is 5.52 Å². The quantitative estimate of drug-likeness (QED) is 0.468. The lowest BCUT2D eigenvalue weighted by atomic mass is 9.95. The minimum atomic E-state index is -0.430. The summed E-state index contributed by atoms with van der Waals surface area (Å²) >= 11 is 0. The number of H-pyrrole nitrogens is 1. The Hall–Kier alpha value is -3.54. The van der Waals surface area contributed by atoms with E-state index in [1.165, 1.54) is 18.2 Å². The van der Waals surface area contributed by atoms with Crippen LogP contribution in [-0.2, 0) is 0 Å². The molecule has 1 heterocycles. The summed E-state index contributed by atoms with van der Waals surface area (Å²) in [7, 11) is 0. The highest BCUT2D eigenvalue weighted by Crippen LogP contribution is 2.33. The lowest BCUT2D eigenvalue weighted by Gasteiger charge is -2.11. The van der Waals surface area contributed by atoms with Gasteiger partial charge in [0.2, 0.25) is 0 Å². The van der Waals surface area contributed by atoms with Crippen LogP contribution in [0.1, 0.15) is 28.4 Å². The van der Waals surface area contributed by atoms with Gasteiger partial charge < -0.3 is 5.32 Å². The largest absolute Gasteiger partial charge is 0.352 e. The maximum atomic E-state index is 14.5. The lowest BCUT2D eigenvalue weighted by Crippen LogP contribution is -2.22. The van der Waals surface area contributed by atoms with Crippen molar-refractivity contribution in [2.45, 2.75) is 20.8 Å². The predicted octanol–water partition coefficient (Wildman–Crippen LogP) is 5.54. The van der Waals surface area contributed by atoms with Crippen LogP contribution in [0.5, 0.6) is 0 Å². The molecule has 30 heavy (non-hydrogen) atoms. The molecule has 0 saturated carbocycles. The van der Waals surface area contributed by atoms with Crippen LogP contribution in [0.4, 0.5) is 8.78 Å². The molecule has 3 aromatic carbocycles. The van der Waals surface area contributed by atoms with Gasteiger partial charge in [0, 0.05) is 23.1 Å². The fraction of sp³-hybridized carbons (Fsp3) is 0.167. The SMILES string of the molecule is CCNC(=O)c1cc(F)c(C)c(-c2ccc3c(-c4ccc(F)cc4C)n[nH]c3c2)c1. The van der Waals surface area contributed by atoms with Crippen LogP contribution < -0.4 is 5.32 Å². The molecule has 0 saturated heterocycles. The molecular weight excluding hydrogens is 384 g/mol. The predicted molar refractivity (Wildman–Crippen MR) is 114 cm³/mol. The van der Waals surface area contributed by atoms with E-state index in [4.69, 9.17) is 0 Å². The molecule has 6 heteroatoms. The second kappa shape index (κ2) is 7.71. The number of hydrogen-bond donors (Lipinski definition) is 2. The third-order valence-corrected chi connectivity index (χ3v) is 5.26. The monoisotopic (exact) mass is 405 g/mol. The molecule has 4 nitrogen and oxygen atoms in total. The summed E-state index contributed by atoms with van der Waals surface area (Å²) < 4.78 is 28.0. The fourth-order valence-electron chi connectivity index (χ4n) is 3.66.